The highest BCUT2D eigenvalue weighted by Crippen LogP contribution is 2.26. The number of aromatic nitrogens is 2. The fourth-order valence-electron chi connectivity index (χ4n) is 1.08. The van der Waals surface area contributed by atoms with E-state index in [4.69, 9.17) is 4.74 Å². The van der Waals surface area contributed by atoms with Crippen LogP contribution in [0.25, 0.3) is 0 Å². The minimum absolute atomic E-state index is 0.367. The Hall–Kier alpha value is -0.760. The topological polar surface area (TPSA) is 35.0 Å². The molecule has 0 radical (unpaired) electrons. The van der Waals surface area contributed by atoms with Gasteiger partial charge in [0.05, 0.1) is 3.57 Å². The molecule has 0 fully saturated rings. The minimum atomic E-state index is -0.367. The molecule has 0 saturated heterocycles. The quantitative estimate of drug-likeness (QED) is 0.727. The molecule has 1 aromatic carbocycles. The summed E-state index contributed by atoms with van der Waals surface area (Å²) in [4.78, 5) is 7.79. The average Bonchev–Trinajstić information content (AvgIpc) is 2.20. The number of hydrogen-bond acceptors (Lipinski definition) is 3. The molecule has 0 aliphatic rings. The van der Waals surface area contributed by atoms with E-state index in [0.717, 1.165) is 3.57 Å². The molecule has 82 valence electrons. The van der Waals surface area contributed by atoms with Gasteiger partial charge in [0, 0.05) is 16.7 Å². The van der Waals surface area contributed by atoms with Gasteiger partial charge in [0.2, 0.25) is 5.88 Å². The normalized spacial score (nSPS) is 10.2. The molecule has 0 unspecified atom stereocenters. The van der Waals surface area contributed by atoms with Crippen LogP contribution in [-0.2, 0) is 0 Å². The summed E-state index contributed by atoms with van der Waals surface area (Å²) in [5.74, 6) is 0.435. The molecule has 0 atom stereocenters. The van der Waals surface area contributed by atoms with Gasteiger partial charge in [0.1, 0.15) is 17.9 Å². The first-order valence-electron chi connectivity index (χ1n) is 4.24. The van der Waals surface area contributed by atoms with E-state index >= 15 is 0 Å². The van der Waals surface area contributed by atoms with E-state index in [1.165, 1.54) is 18.5 Å². The number of ether oxygens (including phenoxy) is 1. The highest BCUT2D eigenvalue weighted by Gasteiger charge is 2.05. The lowest BCUT2D eigenvalue weighted by molar-refractivity contribution is 0.452. The van der Waals surface area contributed by atoms with E-state index in [0.29, 0.717) is 16.1 Å². The third kappa shape index (κ3) is 2.88. The van der Waals surface area contributed by atoms with Gasteiger partial charge in [-0.05, 0) is 34.7 Å². The van der Waals surface area contributed by atoms with Crippen LogP contribution in [0.15, 0.2) is 35.2 Å². The van der Waals surface area contributed by atoms with Crippen LogP contribution in [0.3, 0.4) is 0 Å². The van der Waals surface area contributed by atoms with Gasteiger partial charge in [-0.2, -0.15) is 0 Å². The summed E-state index contributed by atoms with van der Waals surface area (Å²) in [5.41, 5.74) is 0. The molecule has 0 aliphatic heterocycles. The molecule has 2 aromatic rings. The van der Waals surface area contributed by atoms with E-state index in [-0.39, 0.29) is 5.82 Å². The molecule has 16 heavy (non-hydrogen) atoms. The van der Waals surface area contributed by atoms with Crippen molar-refractivity contribution in [1.82, 2.24) is 9.97 Å². The zero-order valence-electron chi connectivity index (χ0n) is 7.82. The number of nitrogens with zero attached hydrogens (tertiary/aromatic N) is 2. The van der Waals surface area contributed by atoms with Crippen LogP contribution in [-0.4, -0.2) is 9.97 Å². The molecular weight excluding hydrogens is 390 g/mol. The molecule has 0 amide bonds. The monoisotopic (exact) mass is 394 g/mol. The van der Waals surface area contributed by atoms with E-state index in [1.54, 1.807) is 12.3 Å². The maximum atomic E-state index is 13.1. The van der Waals surface area contributed by atoms with Crippen LogP contribution in [0, 0.1) is 9.39 Å². The van der Waals surface area contributed by atoms with Gasteiger partial charge in [-0.25, -0.2) is 14.4 Å². The molecule has 1 heterocycles. The highest BCUT2D eigenvalue weighted by atomic mass is 127. The number of benzene rings is 1. The Morgan fingerprint density at radius 2 is 2.12 bits per heavy atom. The fourth-order valence-corrected chi connectivity index (χ4v) is 1.93. The molecule has 0 spiro atoms. The van der Waals surface area contributed by atoms with E-state index in [9.17, 15) is 4.39 Å². The first-order chi connectivity index (χ1) is 7.65. The Bertz CT molecular complexity index is 504. The molecule has 2 rings (SSSR count). The fraction of sp³-hybridized carbons (Fsp3) is 0. The number of halogens is 3. The van der Waals surface area contributed by atoms with Crippen LogP contribution in [0.1, 0.15) is 0 Å². The van der Waals surface area contributed by atoms with Crippen LogP contribution < -0.4 is 4.74 Å². The second kappa shape index (κ2) is 5.05. The Morgan fingerprint density at radius 3 is 2.81 bits per heavy atom. The first kappa shape index (κ1) is 11.7. The molecule has 0 saturated carbocycles. The maximum absolute atomic E-state index is 13.1. The van der Waals surface area contributed by atoms with Crippen molar-refractivity contribution in [2.45, 2.75) is 0 Å². The van der Waals surface area contributed by atoms with Crippen molar-refractivity contribution in [1.29, 1.82) is 0 Å². The van der Waals surface area contributed by atoms with Crippen LogP contribution in [0.5, 0.6) is 11.6 Å². The summed E-state index contributed by atoms with van der Waals surface area (Å²) in [7, 11) is 0. The highest BCUT2D eigenvalue weighted by molar-refractivity contribution is 14.1. The summed E-state index contributed by atoms with van der Waals surface area (Å²) in [5, 5.41) is 0. The van der Waals surface area contributed by atoms with Gasteiger partial charge in [-0.1, -0.05) is 15.9 Å². The second-order valence-corrected chi connectivity index (χ2v) is 4.96. The van der Waals surface area contributed by atoms with E-state index < -0.39 is 0 Å². The molecule has 0 bridgehead atoms. The van der Waals surface area contributed by atoms with Gasteiger partial charge < -0.3 is 4.74 Å². The largest absolute Gasteiger partial charge is 0.438 e. The lowest BCUT2D eigenvalue weighted by Crippen LogP contribution is -1.92. The van der Waals surface area contributed by atoms with Crippen molar-refractivity contribution in [3.63, 3.8) is 0 Å². The zero-order chi connectivity index (χ0) is 11.5. The SMILES string of the molecule is Fc1cc(Br)cc(Oc2ncncc2I)c1. The van der Waals surface area contributed by atoms with Crippen LogP contribution in [0.4, 0.5) is 4.39 Å². The number of hydrogen-bond donors (Lipinski definition) is 0. The number of rotatable bonds is 2. The summed E-state index contributed by atoms with van der Waals surface area (Å²) < 4.78 is 19.9. The molecular formula is C10H5BrFIN2O. The minimum Gasteiger partial charge on any atom is -0.438 e. The van der Waals surface area contributed by atoms with E-state index in [2.05, 4.69) is 25.9 Å². The van der Waals surface area contributed by atoms with Crippen LogP contribution >= 0.6 is 38.5 Å². The van der Waals surface area contributed by atoms with E-state index in [1.807, 2.05) is 22.6 Å². The molecule has 0 N–H and O–H groups in total. The Balaban J connectivity index is 2.30. The zero-order valence-corrected chi connectivity index (χ0v) is 11.6. The molecule has 3 nitrogen and oxygen atoms in total. The van der Waals surface area contributed by atoms with Crippen molar-refractivity contribution in [3.8, 4) is 11.6 Å². The van der Waals surface area contributed by atoms with Gasteiger partial charge in [0.15, 0.2) is 0 Å². The van der Waals surface area contributed by atoms with Gasteiger partial charge >= 0.3 is 0 Å². The predicted octanol–water partition coefficient (Wildman–Crippen LogP) is 3.78. The van der Waals surface area contributed by atoms with Crippen molar-refractivity contribution in [2.75, 3.05) is 0 Å². The second-order valence-electron chi connectivity index (χ2n) is 2.88. The molecule has 0 aliphatic carbocycles. The first-order valence-corrected chi connectivity index (χ1v) is 6.12. The van der Waals surface area contributed by atoms with Gasteiger partial charge in [-0.15, -0.1) is 0 Å². The summed E-state index contributed by atoms with van der Waals surface area (Å²) in [6.45, 7) is 0. The standard InChI is InChI=1S/C10H5BrFIN2O/c11-6-1-7(12)3-8(2-6)16-10-9(13)4-14-5-15-10/h1-5H. The third-order valence-electron chi connectivity index (χ3n) is 1.68. The summed E-state index contributed by atoms with van der Waals surface area (Å²) in [6.07, 6.45) is 3.00. The summed E-state index contributed by atoms with van der Waals surface area (Å²) >= 11 is 5.24. The Labute approximate surface area is 113 Å². The smallest absolute Gasteiger partial charge is 0.235 e. The van der Waals surface area contributed by atoms with Crippen molar-refractivity contribution >= 4 is 38.5 Å². The van der Waals surface area contributed by atoms with Gasteiger partial charge in [-0.3, -0.25) is 0 Å². The summed E-state index contributed by atoms with van der Waals surface area (Å²) in [6, 6.07) is 4.32. The molecule has 1 aromatic heterocycles. The molecule has 6 heteroatoms. The van der Waals surface area contributed by atoms with Gasteiger partial charge in [0.25, 0.3) is 0 Å². The Kier molecular flexibility index (Phi) is 3.70. The van der Waals surface area contributed by atoms with Crippen molar-refractivity contribution < 1.29 is 9.13 Å². The van der Waals surface area contributed by atoms with Crippen molar-refractivity contribution in [3.05, 3.63) is 44.6 Å². The lowest BCUT2D eigenvalue weighted by Gasteiger charge is -2.06. The maximum Gasteiger partial charge on any atom is 0.235 e. The lowest BCUT2D eigenvalue weighted by atomic mass is 10.3. The third-order valence-corrected chi connectivity index (χ3v) is 2.88. The predicted molar refractivity (Wildman–Crippen MR) is 68.9 cm³/mol. The Morgan fingerprint density at radius 1 is 1.31 bits per heavy atom. The average molecular weight is 395 g/mol. The van der Waals surface area contributed by atoms with Crippen LogP contribution in [0.2, 0.25) is 0 Å². The van der Waals surface area contributed by atoms with Crippen molar-refractivity contribution in [2.24, 2.45) is 0 Å².